The van der Waals surface area contributed by atoms with Crippen LogP contribution in [0.3, 0.4) is 0 Å². The fourth-order valence-corrected chi connectivity index (χ4v) is 2.49. The summed E-state index contributed by atoms with van der Waals surface area (Å²) in [6.45, 7) is 0.211. The van der Waals surface area contributed by atoms with Gasteiger partial charge in [0.15, 0.2) is 23.1 Å². The van der Waals surface area contributed by atoms with Crippen LogP contribution in [0.2, 0.25) is 5.02 Å². The molecule has 3 aromatic rings. The number of halogens is 2. The molecule has 0 aliphatic heterocycles. The summed E-state index contributed by atoms with van der Waals surface area (Å²) in [5, 5.41) is 22.6. The topological polar surface area (TPSA) is 114 Å². The van der Waals surface area contributed by atoms with Crippen LogP contribution in [-0.2, 0) is 6.54 Å². The molecule has 1 N–H and O–H groups in total. The standard InChI is InChI=1S/C18H11ClFN5O3/c19-13-8-12(25(26)27)2-4-16(13)28-17-3-1-11(7-14(17)20)10-24-18-15(9-21)22-5-6-23-18/h1-8H,10H2,(H,23,24). The molecule has 0 unspecified atom stereocenters. The summed E-state index contributed by atoms with van der Waals surface area (Å²) in [6, 6.07) is 9.83. The molecule has 0 radical (unpaired) electrons. The second-order valence-electron chi connectivity index (χ2n) is 5.46. The molecule has 2 aromatic carbocycles. The summed E-state index contributed by atoms with van der Waals surface area (Å²) in [5.74, 6) is -0.344. The van der Waals surface area contributed by atoms with E-state index < -0.39 is 10.7 Å². The zero-order chi connectivity index (χ0) is 20.1. The van der Waals surface area contributed by atoms with E-state index in [2.05, 4.69) is 15.3 Å². The highest BCUT2D eigenvalue weighted by molar-refractivity contribution is 6.32. The number of hydrogen-bond donors (Lipinski definition) is 1. The Morgan fingerprint density at radius 1 is 1.21 bits per heavy atom. The molecular weight excluding hydrogens is 389 g/mol. The number of benzene rings is 2. The van der Waals surface area contributed by atoms with Gasteiger partial charge in [0.2, 0.25) is 0 Å². The van der Waals surface area contributed by atoms with Crippen molar-refractivity contribution in [2.45, 2.75) is 6.54 Å². The number of anilines is 1. The van der Waals surface area contributed by atoms with E-state index in [1.54, 1.807) is 6.07 Å². The molecule has 0 fully saturated rings. The predicted octanol–water partition coefficient (Wildman–Crippen LogP) is 4.45. The van der Waals surface area contributed by atoms with Crippen molar-refractivity contribution in [3.8, 4) is 17.6 Å². The largest absolute Gasteiger partial charge is 0.453 e. The quantitative estimate of drug-likeness (QED) is 0.481. The van der Waals surface area contributed by atoms with Gasteiger partial charge in [-0.25, -0.2) is 14.4 Å². The number of ether oxygens (including phenoxy) is 1. The lowest BCUT2D eigenvalue weighted by Gasteiger charge is -2.10. The third kappa shape index (κ3) is 4.31. The minimum absolute atomic E-state index is 0.00831. The van der Waals surface area contributed by atoms with E-state index in [0.717, 1.165) is 6.07 Å². The van der Waals surface area contributed by atoms with E-state index in [0.29, 0.717) is 11.4 Å². The lowest BCUT2D eigenvalue weighted by Crippen LogP contribution is -2.05. The van der Waals surface area contributed by atoms with Crippen molar-refractivity contribution < 1.29 is 14.1 Å². The Kier molecular flexibility index (Phi) is 5.62. The Hall–Kier alpha value is -3.77. The van der Waals surface area contributed by atoms with Crippen molar-refractivity contribution in [2.24, 2.45) is 0 Å². The summed E-state index contributed by atoms with van der Waals surface area (Å²) in [7, 11) is 0. The Labute approximate surface area is 163 Å². The number of nitrogens with zero attached hydrogens (tertiary/aromatic N) is 4. The maximum Gasteiger partial charge on any atom is 0.271 e. The van der Waals surface area contributed by atoms with Crippen molar-refractivity contribution in [3.63, 3.8) is 0 Å². The average Bonchev–Trinajstić information content (AvgIpc) is 2.69. The molecule has 140 valence electrons. The smallest absolute Gasteiger partial charge is 0.271 e. The minimum Gasteiger partial charge on any atom is -0.453 e. The van der Waals surface area contributed by atoms with Gasteiger partial charge in [0.25, 0.3) is 5.69 Å². The van der Waals surface area contributed by atoms with Crippen LogP contribution in [0.1, 0.15) is 11.3 Å². The van der Waals surface area contributed by atoms with Crippen LogP contribution >= 0.6 is 11.6 Å². The van der Waals surface area contributed by atoms with Crippen LogP contribution in [0.25, 0.3) is 0 Å². The van der Waals surface area contributed by atoms with E-state index in [-0.39, 0.29) is 34.4 Å². The van der Waals surface area contributed by atoms with Crippen LogP contribution in [0, 0.1) is 27.3 Å². The van der Waals surface area contributed by atoms with Crippen molar-refractivity contribution in [1.82, 2.24) is 9.97 Å². The van der Waals surface area contributed by atoms with Gasteiger partial charge in [-0.1, -0.05) is 17.7 Å². The molecule has 1 aromatic heterocycles. The molecular formula is C18H11ClFN5O3. The molecule has 8 nitrogen and oxygen atoms in total. The highest BCUT2D eigenvalue weighted by atomic mass is 35.5. The van der Waals surface area contributed by atoms with Crippen molar-refractivity contribution in [1.29, 1.82) is 5.26 Å². The van der Waals surface area contributed by atoms with Gasteiger partial charge in [-0.2, -0.15) is 5.26 Å². The maximum atomic E-state index is 14.4. The molecule has 0 atom stereocenters. The number of aromatic nitrogens is 2. The second-order valence-corrected chi connectivity index (χ2v) is 5.86. The lowest BCUT2D eigenvalue weighted by molar-refractivity contribution is -0.384. The number of hydrogen-bond acceptors (Lipinski definition) is 7. The average molecular weight is 400 g/mol. The first-order valence-electron chi connectivity index (χ1n) is 7.83. The normalized spacial score (nSPS) is 10.2. The highest BCUT2D eigenvalue weighted by Gasteiger charge is 2.13. The summed E-state index contributed by atoms with van der Waals surface area (Å²) >= 11 is 5.95. The molecule has 0 saturated heterocycles. The Bertz CT molecular complexity index is 1090. The van der Waals surface area contributed by atoms with Crippen molar-refractivity contribution >= 4 is 23.1 Å². The Morgan fingerprint density at radius 3 is 2.64 bits per heavy atom. The molecule has 3 rings (SSSR count). The predicted molar refractivity (Wildman–Crippen MR) is 98.7 cm³/mol. The lowest BCUT2D eigenvalue weighted by atomic mass is 10.2. The summed E-state index contributed by atoms with van der Waals surface area (Å²) < 4.78 is 19.8. The van der Waals surface area contributed by atoms with Gasteiger partial charge in [0.1, 0.15) is 11.8 Å². The first-order valence-corrected chi connectivity index (χ1v) is 8.21. The number of nitrogens with one attached hydrogen (secondary N) is 1. The molecule has 0 aliphatic carbocycles. The van der Waals surface area contributed by atoms with Crippen LogP contribution in [0.4, 0.5) is 15.9 Å². The fourth-order valence-electron chi connectivity index (χ4n) is 2.28. The first-order chi connectivity index (χ1) is 13.5. The molecule has 0 amide bonds. The second kappa shape index (κ2) is 8.28. The van der Waals surface area contributed by atoms with Gasteiger partial charge in [-0.3, -0.25) is 10.1 Å². The van der Waals surface area contributed by atoms with Crippen LogP contribution in [-0.4, -0.2) is 14.9 Å². The van der Waals surface area contributed by atoms with E-state index in [4.69, 9.17) is 21.6 Å². The number of rotatable bonds is 6. The fraction of sp³-hybridized carbons (Fsp3) is 0.0556. The van der Waals surface area contributed by atoms with Gasteiger partial charge in [0, 0.05) is 31.1 Å². The van der Waals surface area contributed by atoms with Crippen molar-refractivity contribution in [3.05, 3.63) is 81.0 Å². The van der Waals surface area contributed by atoms with Gasteiger partial charge >= 0.3 is 0 Å². The van der Waals surface area contributed by atoms with E-state index in [9.17, 15) is 14.5 Å². The van der Waals surface area contributed by atoms with Gasteiger partial charge in [0.05, 0.1) is 9.95 Å². The van der Waals surface area contributed by atoms with Crippen LogP contribution in [0.15, 0.2) is 48.8 Å². The molecule has 0 saturated carbocycles. The zero-order valence-electron chi connectivity index (χ0n) is 14.1. The molecule has 0 aliphatic rings. The Balaban J connectivity index is 1.72. The van der Waals surface area contributed by atoms with E-state index in [1.165, 1.54) is 36.7 Å². The molecule has 0 spiro atoms. The third-order valence-corrected chi connectivity index (χ3v) is 3.90. The minimum atomic E-state index is -0.645. The van der Waals surface area contributed by atoms with Crippen LogP contribution in [0.5, 0.6) is 11.5 Å². The monoisotopic (exact) mass is 399 g/mol. The SMILES string of the molecule is N#Cc1nccnc1NCc1ccc(Oc2ccc([N+](=O)[O-])cc2Cl)c(F)c1. The summed E-state index contributed by atoms with van der Waals surface area (Å²) in [6.07, 6.45) is 2.84. The van der Waals surface area contributed by atoms with Crippen LogP contribution < -0.4 is 10.1 Å². The summed E-state index contributed by atoms with van der Waals surface area (Å²) in [4.78, 5) is 18.0. The summed E-state index contributed by atoms with van der Waals surface area (Å²) in [5.41, 5.74) is 0.518. The first kappa shape index (κ1) is 19.0. The number of nitro groups is 1. The van der Waals surface area contributed by atoms with E-state index >= 15 is 0 Å². The van der Waals surface area contributed by atoms with E-state index in [1.807, 2.05) is 6.07 Å². The zero-order valence-corrected chi connectivity index (χ0v) is 14.9. The Morgan fingerprint density at radius 2 is 1.96 bits per heavy atom. The van der Waals surface area contributed by atoms with Gasteiger partial charge in [-0.15, -0.1) is 0 Å². The molecule has 0 bridgehead atoms. The maximum absolute atomic E-state index is 14.4. The number of nitro benzene ring substituents is 1. The molecule has 10 heteroatoms. The highest BCUT2D eigenvalue weighted by Crippen LogP contribution is 2.33. The number of non-ortho nitro benzene ring substituents is 1. The van der Waals surface area contributed by atoms with Gasteiger partial charge in [-0.05, 0) is 23.8 Å². The van der Waals surface area contributed by atoms with Crippen molar-refractivity contribution in [2.75, 3.05) is 5.32 Å². The molecule has 28 heavy (non-hydrogen) atoms. The third-order valence-electron chi connectivity index (χ3n) is 3.61. The number of nitriles is 1. The molecule has 1 heterocycles. The van der Waals surface area contributed by atoms with Gasteiger partial charge < -0.3 is 10.1 Å².